The average Bonchev–Trinajstić information content (AvgIpc) is 2.94. The summed E-state index contributed by atoms with van der Waals surface area (Å²) in [5.41, 5.74) is 7.97. The van der Waals surface area contributed by atoms with Crippen molar-refractivity contribution >= 4 is 22.5 Å². The average molecular weight is 286 g/mol. The number of hydrogen-bond acceptors (Lipinski definition) is 3. The van der Waals surface area contributed by atoms with Crippen molar-refractivity contribution in [2.45, 2.75) is 19.3 Å². The molecule has 1 fully saturated rings. The number of fused-ring (bicyclic) bond motifs is 1. The van der Waals surface area contributed by atoms with Crippen molar-refractivity contribution in [2.24, 2.45) is 0 Å². The molecule has 0 aliphatic carbocycles. The summed E-state index contributed by atoms with van der Waals surface area (Å²) in [7, 11) is 0. The number of likely N-dealkylation sites (tertiary alicyclic amines) is 1. The number of aromatic nitrogens is 1. The third kappa shape index (κ3) is 3.19. The third-order valence-electron chi connectivity index (χ3n) is 4.10. The van der Waals surface area contributed by atoms with Crippen molar-refractivity contribution in [3.63, 3.8) is 0 Å². The molecule has 1 aromatic carbocycles. The van der Waals surface area contributed by atoms with E-state index in [1.54, 1.807) is 0 Å². The lowest BCUT2D eigenvalue weighted by Gasteiger charge is -2.26. The second-order valence-corrected chi connectivity index (χ2v) is 5.65. The molecule has 5 heteroatoms. The quantitative estimate of drug-likeness (QED) is 0.752. The van der Waals surface area contributed by atoms with Crippen LogP contribution in [0.2, 0.25) is 0 Å². The molecule has 1 aliphatic rings. The van der Waals surface area contributed by atoms with Crippen molar-refractivity contribution in [1.82, 2.24) is 15.2 Å². The van der Waals surface area contributed by atoms with E-state index in [1.165, 1.54) is 19.3 Å². The number of anilines is 1. The highest BCUT2D eigenvalue weighted by molar-refractivity contribution is 6.00. The molecular formula is C16H22N4O. The number of piperidine rings is 1. The fourth-order valence-electron chi connectivity index (χ4n) is 2.91. The van der Waals surface area contributed by atoms with E-state index in [4.69, 9.17) is 5.73 Å². The second-order valence-electron chi connectivity index (χ2n) is 5.65. The molecule has 0 bridgehead atoms. The zero-order valence-corrected chi connectivity index (χ0v) is 12.2. The molecule has 1 aliphatic heterocycles. The van der Waals surface area contributed by atoms with Crippen LogP contribution >= 0.6 is 0 Å². The highest BCUT2D eigenvalue weighted by atomic mass is 16.1. The molecule has 21 heavy (non-hydrogen) atoms. The first kappa shape index (κ1) is 13.9. The van der Waals surface area contributed by atoms with E-state index < -0.39 is 0 Å². The van der Waals surface area contributed by atoms with Gasteiger partial charge in [-0.2, -0.15) is 0 Å². The lowest BCUT2D eigenvalue weighted by molar-refractivity contribution is 0.0942. The third-order valence-corrected chi connectivity index (χ3v) is 4.10. The molecule has 0 unspecified atom stereocenters. The number of nitrogens with two attached hydrogens (primary N) is 1. The Labute approximate surface area is 124 Å². The first-order valence-electron chi connectivity index (χ1n) is 7.62. The summed E-state index contributed by atoms with van der Waals surface area (Å²) in [4.78, 5) is 17.7. The number of para-hydroxylation sites is 1. The minimum absolute atomic E-state index is 0.0670. The predicted molar refractivity (Wildman–Crippen MR) is 85.3 cm³/mol. The van der Waals surface area contributed by atoms with Gasteiger partial charge in [-0.15, -0.1) is 0 Å². The smallest absolute Gasteiger partial charge is 0.267 e. The summed E-state index contributed by atoms with van der Waals surface area (Å²) in [6.07, 6.45) is 3.88. The van der Waals surface area contributed by atoms with E-state index in [9.17, 15) is 4.79 Å². The van der Waals surface area contributed by atoms with Gasteiger partial charge in [0.1, 0.15) is 5.69 Å². The van der Waals surface area contributed by atoms with Gasteiger partial charge in [0, 0.05) is 18.5 Å². The Kier molecular flexibility index (Phi) is 4.10. The number of aromatic amines is 1. The van der Waals surface area contributed by atoms with Crippen LogP contribution < -0.4 is 11.1 Å². The molecule has 3 rings (SSSR count). The molecule has 2 aromatic rings. The Morgan fingerprint density at radius 3 is 2.86 bits per heavy atom. The van der Waals surface area contributed by atoms with Gasteiger partial charge < -0.3 is 20.9 Å². The Morgan fingerprint density at radius 1 is 1.29 bits per heavy atom. The molecule has 2 heterocycles. The zero-order valence-electron chi connectivity index (χ0n) is 12.2. The number of benzene rings is 1. The number of hydrogen-bond donors (Lipinski definition) is 3. The highest BCUT2D eigenvalue weighted by Gasteiger charge is 2.12. The zero-order chi connectivity index (χ0) is 14.7. The normalized spacial score (nSPS) is 16.2. The molecule has 0 spiro atoms. The predicted octanol–water partition coefficient (Wildman–Crippen LogP) is 1.97. The lowest BCUT2D eigenvalue weighted by atomic mass is 10.1. The molecule has 112 valence electrons. The number of nitrogens with zero attached hydrogens (tertiary/aromatic N) is 1. The van der Waals surface area contributed by atoms with Crippen LogP contribution in [0.3, 0.4) is 0 Å². The number of H-pyrrole nitrogens is 1. The Hall–Kier alpha value is -2.01. The van der Waals surface area contributed by atoms with Gasteiger partial charge in [-0.1, -0.05) is 18.6 Å². The van der Waals surface area contributed by atoms with Crippen molar-refractivity contribution in [2.75, 3.05) is 31.9 Å². The van der Waals surface area contributed by atoms with Crippen LogP contribution in [0.15, 0.2) is 24.3 Å². The lowest BCUT2D eigenvalue weighted by Crippen LogP contribution is -2.37. The Morgan fingerprint density at radius 2 is 2.10 bits per heavy atom. The standard InChI is InChI=1S/C16H22N4O/c17-13-6-4-5-12-11-14(19-15(12)13)16(21)18-7-10-20-8-2-1-3-9-20/h4-6,11,19H,1-3,7-10,17H2,(H,18,21). The van der Waals surface area contributed by atoms with E-state index in [0.717, 1.165) is 30.5 Å². The van der Waals surface area contributed by atoms with Crippen molar-refractivity contribution in [3.05, 3.63) is 30.0 Å². The van der Waals surface area contributed by atoms with Crippen LogP contribution in [0.4, 0.5) is 5.69 Å². The summed E-state index contributed by atoms with van der Waals surface area (Å²) < 4.78 is 0. The second kappa shape index (κ2) is 6.18. The molecule has 0 saturated carbocycles. The SMILES string of the molecule is Nc1cccc2cc(C(=O)NCCN3CCCCC3)[nH]c12. The number of nitrogen functional groups attached to an aromatic ring is 1. The minimum atomic E-state index is -0.0670. The number of amides is 1. The fraction of sp³-hybridized carbons (Fsp3) is 0.438. The van der Waals surface area contributed by atoms with E-state index in [1.807, 2.05) is 24.3 Å². The van der Waals surface area contributed by atoms with Crippen LogP contribution in [-0.2, 0) is 0 Å². The first-order chi connectivity index (χ1) is 10.2. The largest absolute Gasteiger partial charge is 0.397 e. The van der Waals surface area contributed by atoms with Crippen LogP contribution in [0, 0.1) is 0 Å². The molecule has 0 radical (unpaired) electrons. The molecule has 1 saturated heterocycles. The molecule has 0 atom stereocenters. The van der Waals surface area contributed by atoms with Gasteiger partial charge in [0.2, 0.25) is 0 Å². The van der Waals surface area contributed by atoms with E-state index >= 15 is 0 Å². The van der Waals surface area contributed by atoms with Gasteiger partial charge in [-0.05, 0) is 38.1 Å². The number of nitrogens with one attached hydrogen (secondary N) is 2. The topological polar surface area (TPSA) is 74.2 Å². The van der Waals surface area contributed by atoms with Gasteiger partial charge in [-0.3, -0.25) is 4.79 Å². The maximum atomic E-state index is 12.2. The molecule has 4 N–H and O–H groups in total. The van der Waals surface area contributed by atoms with Crippen molar-refractivity contribution < 1.29 is 4.79 Å². The van der Waals surface area contributed by atoms with Crippen LogP contribution in [0.5, 0.6) is 0 Å². The van der Waals surface area contributed by atoms with E-state index in [0.29, 0.717) is 17.9 Å². The van der Waals surface area contributed by atoms with E-state index in [-0.39, 0.29) is 5.91 Å². The summed E-state index contributed by atoms with van der Waals surface area (Å²) in [6.45, 7) is 3.91. The molecule has 1 amide bonds. The minimum Gasteiger partial charge on any atom is -0.397 e. The molecule has 1 aromatic heterocycles. The van der Waals surface area contributed by atoms with Gasteiger partial charge in [-0.25, -0.2) is 0 Å². The van der Waals surface area contributed by atoms with Gasteiger partial charge in [0.05, 0.1) is 11.2 Å². The number of rotatable bonds is 4. The van der Waals surface area contributed by atoms with Gasteiger partial charge in [0.25, 0.3) is 5.91 Å². The monoisotopic (exact) mass is 286 g/mol. The summed E-state index contributed by atoms with van der Waals surface area (Å²) in [5, 5.41) is 3.94. The summed E-state index contributed by atoms with van der Waals surface area (Å²) in [6, 6.07) is 7.52. The van der Waals surface area contributed by atoms with Crippen molar-refractivity contribution in [1.29, 1.82) is 0 Å². The number of carbonyl (C=O) groups excluding carboxylic acids is 1. The Balaban J connectivity index is 1.57. The van der Waals surface area contributed by atoms with Crippen LogP contribution in [-0.4, -0.2) is 42.0 Å². The fourth-order valence-corrected chi connectivity index (χ4v) is 2.91. The Bertz CT molecular complexity index is 628. The highest BCUT2D eigenvalue weighted by Crippen LogP contribution is 2.20. The van der Waals surface area contributed by atoms with Crippen LogP contribution in [0.25, 0.3) is 10.9 Å². The van der Waals surface area contributed by atoms with Gasteiger partial charge >= 0.3 is 0 Å². The number of carbonyl (C=O) groups is 1. The van der Waals surface area contributed by atoms with Gasteiger partial charge in [0.15, 0.2) is 0 Å². The van der Waals surface area contributed by atoms with Crippen molar-refractivity contribution in [3.8, 4) is 0 Å². The maximum Gasteiger partial charge on any atom is 0.267 e. The molecule has 5 nitrogen and oxygen atoms in total. The van der Waals surface area contributed by atoms with E-state index in [2.05, 4.69) is 15.2 Å². The maximum absolute atomic E-state index is 12.2. The molecular weight excluding hydrogens is 264 g/mol. The summed E-state index contributed by atoms with van der Waals surface area (Å²) in [5.74, 6) is -0.0670. The van der Waals surface area contributed by atoms with Crippen LogP contribution in [0.1, 0.15) is 29.8 Å². The first-order valence-corrected chi connectivity index (χ1v) is 7.62. The summed E-state index contributed by atoms with van der Waals surface area (Å²) >= 11 is 0.